The minimum Gasteiger partial charge on any atom is -0.497 e. The molecule has 154 valence electrons. The zero-order valence-electron chi connectivity index (χ0n) is 17.0. The van der Waals surface area contributed by atoms with Crippen LogP contribution in [0.15, 0.2) is 46.8 Å². The van der Waals surface area contributed by atoms with Gasteiger partial charge in [-0.05, 0) is 49.7 Å². The number of thioether (sulfide) groups is 1. The smallest absolute Gasteiger partial charge is 0.239 e. The number of benzene rings is 1. The van der Waals surface area contributed by atoms with Crippen molar-refractivity contribution in [2.45, 2.75) is 37.0 Å². The number of nitriles is 1. The molecule has 0 spiro atoms. The number of thiazole rings is 1. The van der Waals surface area contributed by atoms with Crippen LogP contribution in [-0.2, 0) is 11.2 Å². The number of carbonyl (C=O) groups excluding carboxylic acids is 1. The molecule has 1 unspecified atom stereocenters. The number of rotatable bonds is 8. The number of hydrogen-bond donors (Lipinski definition) is 1. The van der Waals surface area contributed by atoms with Crippen LogP contribution in [0.4, 0.5) is 5.13 Å². The summed E-state index contributed by atoms with van der Waals surface area (Å²) in [6, 6.07) is 13.4. The molecule has 3 rings (SSSR count). The number of anilines is 1. The predicted octanol–water partition coefficient (Wildman–Crippen LogP) is 5.16. The molecule has 0 aliphatic carbocycles. The number of aromatic nitrogens is 2. The van der Waals surface area contributed by atoms with Gasteiger partial charge in [0, 0.05) is 16.6 Å². The van der Waals surface area contributed by atoms with Crippen LogP contribution in [0.5, 0.6) is 5.75 Å². The van der Waals surface area contributed by atoms with Crippen molar-refractivity contribution in [3.05, 3.63) is 53.0 Å². The van der Waals surface area contributed by atoms with Crippen LogP contribution in [0, 0.1) is 11.3 Å². The molecule has 2 heterocycles. The third kappa shape index (κ3) is 5.38. The van der Waals surface area contributed by atoms with E-state index in [9.17, 15) is 10.1 Å². The van der Waals surface area contributed by atoms with Crippen molar-refractivity contribution in [2.75, 3.05) is 12.4 Å². The van der Waals surface area contributed by atoms with Crippen LogP contribution in [0.1, 0.15) is 31.5 Å². The molecule has 0 aliphatic heterocycles. The topological polar surface area (TPSA) is 87.9 Å². The van der Waals surface area contributed by atoms with E-state index in [0.29, 0.717) is 15.7 Å². The first kappa shape index (κ1) is 21.8. The number of methoxy groups -OCH3 is 1. The molecule has 1 amide bonds. The SMILES string of the molecule is CCCc1ccc(C#N)c(SC(C)C(=O)Nc2nc(-c3ccc(OC)cc3)cs2)n1. The molecule has 8 heteroatoms. The van der Waals surface area contributed by atoms with Gasteiger partial charge >= 0.3 is 0 Å². The van der Waals surface area contributed by atoms with Crippen molar-refractivity contribution in [1.82, 2.24) is 9.97 Å². The molecule has 1 aromatic carbocycles. The summed E-state index contributed by atoms with van der Waals surface area (Å²) in [4.78, 5) is 21.7. The van der Waals surface area contributed by atoms with E-state index in [0.717, 1.165) is 35.5 Å². The lowest BCUT2D eigenvalue weighted by Gasteiger charge is -2.12. The Bertz CT molecular complexity index is 1060. The standard InChI is InChI=1S/C22H22N4O2S2/c1-4-5-17-9-6-16(12-23)21(24-17)30-14(2)20(27)26-22-25-19(13-29-22)15-7-10-18(28-3)11-8-15/h6-11,13-14H,4-5H2,1-3H3,(H,25,26,27). The van der Waals surface area contributed by atoms with Crippen LogP contribution in [0.25, 0.3) is 11.3 Å². The number of ether oxygens (including phenoxy) is 1. The molecule has 3 aromatic rings. The zero-order chi connectivity index (χ0) is 21.5. The molecule has 0 fully saturated rings. The zero-order valence-corrected chi connectivity index (χ0v) is 18.6. The van der Waals surface area contributed by atoms with Gasteiger partial charge in [0.2, 0.25) is 5.91 Å². The summed E-state index contributed by atoms with van der Waals surface area (Å²) in [6.07, 6.45) is 1.81. The highest BCUT2D eigenvalue weighted by Crippen LogP contribution is 2.29. The van der Waals surface area contributed by atoms with Crippen molar-refractivity contribution in [3.63, 3.8) is 0 Å². The summed E-state index contributed by atoms with van der Waals surface area (Å²) in [5.74, 6) is 0.601. The Morgan fingerprint density at radius 2 is 2.03 bits per heavy atom. The lowest BCUT2D eigenvalue weighted by Crippen LogP contribution is -2.22. The fourth-order valence-corrected chi connectivity index (χ4v) is 4.34. The Balaban J connectivity index is 1.67. The van der Waals surface area contributed by atoms with Crippen molar-refractivity contribution >= 4 is 34.1 Å². The van der Waals surface area contributed by atoms with Gasteiger partial charge in [-0.2, -0.15) is 5.26 Å². The van der Waals surface area contributed by atoms with Crippen molar-refractivity contribution in [1.29, 1.82) is 5.26 Å². The second kappa shape index (κ2) is 10.2. The fraction of sp³-hybridized carbons (Fsp3) is 0.273. The third-order valence-electron chi connectivity index (χ3n) is 4.32. The summed E-state index contributed by atoms with van der Waals surface area (Å²) >= 11 is 2.66. The molecule has 0 radical (unpaired) electrons. The molecule has 0 saturated heterocycles. The van der Waals surface area contributed by atoms with Crippen molar-refractivity contribution in [3.8, 4) is 23.1 Å². The summed E-state index contributed by atoms with van der Waals surface area (Å²) < 4.78 is 5.17. The molecular weight excluding hydrogens is 416 g/mol. The monoisotopic (exact) mass is 438 g/mol. The predicted molar refractivity (Wildman–Crippen MR) is 121 cm³/mol. The van der Waals surface area contributed by atoms with Gasteiger partial charge in [0.05, 0.1) is 23.6 Å². The first-order valence-corrected chi connectivity index (χ1v) is 11.3. The number of carbonyl (C=O) groups is 1. The van der Waals surface area contributed by atoms with Gasteiger partial charge in [0.15, 0.2) is 5.13 Å². The van der Waals surface area contributed by atoms with Crippen LogP contribution in [0.2, 0.25) is 0 Å². The Morgan fingerprint density at radius 1 is 1.27 bits per heavy atom. The number of nitrogens with zero attached hydrogens (tertiary/aromatic N) is 3. The largest absolute Gasteiger partial charge is 0.497 e. The van der Waals surface area contributed by atoms with Crippen LogP contribution >= 0.6 is 23.1 Å². The average Bonchev–Trinajstić information content (AvgIpc) is 3.22. The van der Waals surface area contributed by atoms with E-state index in [-0.39, 0.29) is 5.91 Å². The van der Waals surface area contributed by atoms with Gasteiger partial charge in [-0.1, -0.05) is 25.1 Å². The highest BCUT2D eigenvalue weighted by atomic mass is 32.2. The summed E-state index contributed by atoms with van der Waals surface area (Å²) in [7, 11) is 1.62. The molecular formula is C22H22N4O2S2. The van der Waals surface area contributed by atoms with Gasteiger partial charge < -0.3 is 10.1 Å². The Hall–Kier alpha value is -2.89. The minimum absolute atomic E-state index is 0.179. The molecule has 6 nitrogen and oxygen atoms in total. The van der Waals surface area contributed by atoms with Crippen molar-refractivity contribution < 1.29 is 9.53 Å². The number of aryl methyl sites for hydroxylation is 1. The van der Waals surface area contributed by atoms with E-state index >= 15 is 0 Å². The summed E-state index contributed by atoms with van der Waals surface area (Å²) in [5, 5.41) is 14.8. The molecule has 0 bridgehead atoms. The number of nitrogens with one attached hydrogen (secondary N) is 1. The van der Waals surface area contributed by atoms with Crippen LogP contribution in [-0.4, -0.2) is 28.2 Å². The van der Waals surface area contributed by atoms with Crippen molar-refractivity contribution in [2.24, 2.45) is 0 Å². The minimum atomic E-state index is -0.421. The van der Waals surface area contributed by atoms with E-state index in [2.05, 4.69) is 28.3 Å². The summed E-state index contributed by atoms with van der Waals surface area (Å²) in [6.45, 7) is 3.88. The average molecular weight is 439 g/mol. The van der Waals surface area contributed by atoms with Gasteiger partial charge in [0.25, 0.3) is 0 Å². The molecule has 2 aromatic heterocycles. The lowest BCUT2D eigenvalue weighted by atomic mass is 10.2. The van der Waals surface area contributed by atoms with Gasteiger partial charge in [0.1, 0.15) is 16.8 Å². The van der Waals surface area contributed by atoms with Crippen LogP contribution in [0.3, 0.4) is 0 Å². The van der Waals surface area contributed by atoms with E-state index in [1.54, 1.807) is 20.1 Å². The maximum absolute atomic E-state index is 12.7. The Morgan fingerprint density at radius 3 is 2.70 bits per heavy atom. The third-order valence-corrected chi connectivity index (χ3v) is 6.18. The molecule has 1 N–H and O–H groups in total. The van der Waals surface area contributed by atoms with E-state index in [1.165, 1.54) is 23.1 Å². The van der Waals surface area contributed by atoms with Crippen LogP contribution < -0.4 is 10.1 Å². The molecule has 0 saturated carbocycles. The first-order valence-electron chi connectivity index (χ1n) is 9.51. The van der Waals surface area contributed by atoms with E-state index in [1.807, 2.05) is 35.7 Å². The normalized spacial score (nSPS) is 11.5. The maximum Gasteiger partial charge on any atom is 0.239 e. The Kier molecular flexibility index (Phi) is 7.44. The lowest BCUT2D eigenvalue weighted by molar-refractivity contribution is -0.115. The summed E-state index contributed by atoms with van der Waals surface area (Å²) in [5.41, 5.74) is 3.15. The quantitative estimate of drug-likeness (QED) is 0.489. The number of hydrogen-bond acceptors (Lipinski definition) is 7. The fourth-order valence-electron chi connectivity index (χ4n) is 2.70. The highest BCUT2D eigenvalue weighted by Gasteiger charge is 2.19. The van der Waals surface area contributed by atoms with Gasteiger partial charge in [-0.25, -0.2) is 9.97 Å². The van der Waals surface area contributed by atoms with Gasteiger partial charge in [-0.3, -0.25) is 4.79 Å². The first-order chi connectivity index (χ1) is 14.5. The van der Waals surface area contributed by atoms with E-state index < -0.39 is 5.25 Å². The second-order valence-electron chi connectivity index (χ2n) is 6.53. The number of pyridine rings is 1. The highest BCUT2D eigenvalue weighted by molar-refractivity contribution is 8.00. The number of amides is 1. The van der Waals surface area contributed by atoms with E-state index in [4.69, 9.17) is 4.74 Å². The molecule has 30 heavy (non-hydrogen) atoms. The van der Waals surface area contributed by atoms with Gasteiger partial charge in [-0.15, -0.1) is 11.3 Å². The molecule has 1 atom stereocenters. The maximum atomic E-state index is 12.7. The Labute approximate surface area is 184 Å². The second-order valence-corrected chi connectivity index (χ2v) is 8.72. The molecule has 0 aliphatic rings.